The minimum Gasteiger partial charge on any atom is -0.456 e. The topological polar surface area (TPSA) is 98.5 Å². The summed E-state index contributed by atoms with van der Waals surface area (Å²) in [7, 11) is 0. The van der Waals surface area contributed by atoms with E-state index >= 15 is 0 Å². The fourth-order valence-corrected chi connectivity index (χ4v) is 2.53. The number of non-ortho nitro benzene ring substituents is 1. The number of ether oxygens (including phenoxy) is 1. The lowest BCUT2D eigenvalue weighted by Gasteiger charge is -2.14. The number of benzene rings is 2. The van der Waals surface area contributed by atoms with Crippen LogP contribution in [0.5, 0.6) is 0 Å². The number of anilines is 1. The molecule has 0 aliphatic heterocycles. The van der Waals surface area contributed by atoms with Crippen molar-refractivity contribution in [2.45, 2.75) is 25.4 Å². The van der Waals surface area contributed by atoms with Crippen LogP contribution in [0.25, 0.3) is 0 Å². The Labute approximate surface area is 163 Å². The molecule has 0 spiro atoms. The summed E-state index contributed by atoms with van der Waals surface area (Å²) in [5.41, 5.74) is -1.91. The van der Waals surface area contributed by atoms with Gasteiger partial charge in [0, 0.05) is 12.1 Å². The van der Waals surface area contributed by atoms with Crippen LogP contribution in [0.2, 0.25) is 0 Å². The highest BCUT2D eigenvalue weighted by atomic mass is 19.4. The number of nitrogens with one attached hydrogen (secondary N) is 1. The van der Waals surface area contributed by atoms with Gasteiger partial charge in [-0.2, -0.15) is 13.2 Å². The lowest BCUT2D eigenvalue weighted by molar-refractivity contribution is -0.385. The number of nitrogens with zero attached hydrogens (tertiary/aromatic N) is 1. The largest absolute Gasteiger partial charge is 0.456 e. The van der Waals surface area contributed by atoms with Crippen LogP contribution in [0, 0.1) is 10.1 Å². The first-order valence-electron chi connectivity index (χ1n) is 8.44. The summed E-state index contributed by atoms with van der Waals surface area (Å²) in [6.07, 6.45) is -4.93. The number of carbonyl (C=O) groups is 2. The number of nitro groups is 1. The van der Waals surface area contributed by atoms with Crippen LogP contribution in [0.15, 0.2) is 48.5 Å². The van der Waals surface area contributed by atoms with Crippen molar-refractivity contribution < 1.29 is 32.4 Å². The van der Waals surface area contributed by atoms with E-state index in [9.17, 15) is 32.9 Å². The van der Waals surface area contributed by atoms with Crippen molar-refractivity contribution in [3.63, 3.8) is 0 Å². The van der Waals surface area contributed by atoms with Crippen LogP contribution in [0.3, 0.4) is 0 Å². The Kier molecular flexibility index (Phi) is 6.92. The van der Waals surface area contributed by atoms with E-state index in [1.165, 1.54) is 0 Å². The van der Waals surface area contributed by atoms with Crippen molar-refractivity contribution in [3.05, 3.63) is 69.8 Å². The maximum absolute atomic E-state index is 13.1. The maximum Gasteiger partial charge on any atom is 0.418 e. The molecule has 0 radical (unpaired) electrons. The second-order valence-corrected chi connectivity index (χ2v) is 6.21. The van der Waals surface area contributed by atoms with Crippen LogP contribution in [0.1, 0.15) is 30.4 Å². The molecule has 0 fully saturated rings. The molecular weight excluding hydrogens is 393 g/mol. The molecule has 1 amide bonds. The van der Waals surface area contributed by atoms with E-state index in [0.29, 0.717) is 6.07 Å². The Morgan fingerprint density at radius 1 is 1.17 bits per heavy atom. The van der Waals surface area contributed by atoms with Gasteiger partial charge in [0.15, 0.2) is 6.61 Å². The molecule has 10 heteroatoms. The van der Waals surface area contributed by atoms with E-state index in [0.717, 1.165) is 17.7 Å². The first kappa shape index (κ1) is 21.9. The summed E-state index contributed by atoms with van der Waals surface area (Å²) >= 11 is 0. The minimum absolute atomic E-state index is 0.0113. The van der Waals surface area contributed by atoms with Crippen molar-refractivity contribution in [3.8, 4) is 0 Å². The molecule has 2 aromatic carbocycles. The standard InChI is InChI=1S/C19H17F3N2O5/c1-12(13-5-3-2-4-6-13)9-18(26)29-11-17(25)23-16-8-7-14(24(27)28)10-15(16)19(20,21)22/h2-8,10,12H,9,11H2,1H3,(H,23,25). The van der Waals surface area contributed by atoms with Crippen LogP contribution >= 0.6 is 0 Å². The third kappa shape index (κ3) is 6.30. The average molecular weight is 410 g/mol. The molecule has 2 rings (SSSR count). The van der Waals surface area contributed by atoms with Gasteiger partial charge in [0.1, 0.15) is 0 Å². The van der Waals surface area contributed by atoms with Gasteiger partial charge >= 0.3 is 12.1 Å². The Balaban J connectivity index is 1.97. The molecule has 7 nitrogen and oxygen atoms in total. The molecule has 1 unspecified atom stereocenters. The smallest absolute Gasteiger partial charge is 0.418 e. The second kappa shape index (κ2) is 9.18. The third-order valence-electron chi connectivity index (χ3n) is 4.00. The van der Waals surface area contributed by atoms with Gasteiger partial charge in [0.2, 0.25) is 0 Å². The molecule has 0 bridgehead atoms. The van der Waals surface area contributed by atoms with E-state index in [1.54, 1.807) is 6.92 Å². The molecule has 0 saturated carbocycles. The fraction of sp³-hybridized carbons (Fsp3) is 0.263. The van der Waals surface area contributed by atoms with Crippen LogP contribution < -0.4 is 5.32 Å². The third-order valence-corrected chi connectivity index (χ3v) is 4.00. The summed E-state index contributed by atoms with van der Waals surface area (Å²) in [6.45, 7) is 1.01. The van der Waals surface area contributed by atoms with Gasteiger partial charge in [-0.3, -0.25) is 19.7 Å². The van der Waals surface area contributed by atoms with E-state index in [4.69, 9.17) is 4.74 Å². The highest BCUT2D eigenvalue weighted by Crippen LogP contribution is 2.37. The molecule has 1 atom stereocenters. The van der Waals surface area contributed by atoms with Gasteiger partial charge in [-0.15, -0.1) is 0 Å². The van der Waals surface area contributed by atoms with Gasteiger partial charge in [0.05, 0.1) is 22.6 Å². The number of hydrogen-bond donors (Lipinski definition) is 1. The van der Waals surface area contributed by atoms with Gasteiger partial charge in [-0.05, 0) is 17.5 Å². The number of halogens is 3. The highest BCUT2D eigenvalue weighted by molar-refractivity contribution is 5.93. The molecule has 0 heterocycles. The van der Waals surface area contributed by atoms with Gasteiger partial charge in [-0.25, -0.2) is 0 Å². The van der Waals surface area contributed by atoms with E-state index in [1.807, 2.05) is 35.6 Å². The maximum atomic E-state index is 13.1. The van der Waals surface area contributed by atoms with Crippen LogP contribution in [0.4, 0.5) is 24.5 Å². The summed E-state index contributed by atoms with van der Waals surface area (Å²) in [5, 5.41) is 12.6. The quantitative estimate of drug-likeness (QED) is 0.417. The number of nitro benzene ring substituents is 1. The summed E-state index contributed by atoms with van der Waals surface area (Å²) in [6, 6.07) is 11.0. The van der Waals surface area contributed by atoms with Gasteiger partial charge < -0.3 is 10.1 Å². The minimum atomic E-state index is -4.92. The van der Waals surface area contributed by atoms with Crippen molar-refractivity contribution in [2.75, 3.05) is 11.9 Å². The average Bonchev–Trinajstić information content (AvgIpc) is 2.66. The zero-order valence-corrected chi connectivity index (χ0v) is 15.2. The van der Waals surface area contributed by atoms with Crippen molar-refractivity contribution in [2.24, 2.45) is 0 Å². The Hall–Kier alpha value is -3.43. The molecule has 0 aromatic heterocycles. The molecule has 2 aromatic rings. The number of rotatable bonds is 7. The normalized spacial score (nSPS) is 12.1. The number of carbonyl (C=O) groups excluding carboxylic acids is 2. The van der Waals surface area contributed by atoms with Crippen molar-refractivity contribution in [1.82, 2.24) is 0 Å². The molecule has 1 N–H and O–H groups in total. The number of alkyl halides is 3. The van der Waals surface area contributed by atoms with Gasteiger partial charge in [0.25, 0.3) is 11.6 Å². The summed E-state index contributed by atoms with van der Waals surface area (Å²) in [4.78, 5) is 33.5. The summed E-state index contributed by atoms with van der Waals surface area (Å²) in [5.74, 6) is -1.85. The zero-order chi connectivity index (χ0) is 21.6. The van der Waals surface area contributed by atoms with E-state index in [-0.39, 0.29) is 12.3 Å². The summed E-state index contributed by atoms with van der Waals surface area (Å²) < 4.78 is 44.1. The molecular formula is C19H17F3N2O5. The molecule has 0 aliphatic rings. The molecule has 0 aliphatic carbocycles. The van der Waals surface area contributed by atoms with E-state index < -0.39 is 46.5 Å². The van der Waals surface area contributed by atoms with Crippen molar-refractivity contribution >= 4 is 23.3 Å². The van der Waals surface area contributed by atoms with Crippen LogP contribution in [-0.4, -0.2) is 23.4 Å². The lowest BCUT2D eigenvalue weighted by atomic mass is 9.98. The number of amides is 1. The predicted octanol–water partition coefficient (Wildman–Crippen LogP) is 4.29. The highest BCUT2D eigenvalue weighted by Gasteiger charge is 2.35. The Bertz CT molecular complexity index is 900. The Morgan fingerprint density at radius 3 is 2.41 bits per heavy atom. The van der Waals surface area contributed by atoms with Crippen molar-refractivity contribution in [1.29, 1.82) is 0 Å². The zero-order valence-electron chi connectivity index (χ0n) is 15.2. The fourth-order valence-electron chi connectivity index (χ4n) is 2.53. The first-order chi connectivity index (χ1) is 13.6. The SMILES string of the molecule is CC(CC(=O)OCC(=O)Nc1ccc([N+](=O)[O-])cc1C(F)(F)F)c1ccccc1. The predicted molar refractivity (Wildman–Crippen MR) is 97.2 cm³/mol. The molecule has 154 valence electrons. The number of esters is 1. The Morgan fingerprint density at radius 2 is 1.83 bits per heavy atom. The first-order valence-corrected chi connectivity index (χ1v) is 8.44. The van der Waals surface area contributed by atoms with Gasteiger partial charge in [-0.1, -0.05) is 37.3 Å². The van der Waals surface area contributed by atoms with E-state index in [2.05, 4.69) is 0 Å². The number of hydrogen-bond acceptors (Lipinski definition) is 5. The molecule has 29 heavy (non-hydrogen) atoms. The lowest BCUT2D eigenvalue weighted by Crippen LogP contribution is -2.23. The second-order valence-electron chi connectivity index (χ2n) is 6.21. The monoisotopic (exact) mass is 410 g/mol. The molecule has 0 saturated heterocycles. The van der Waals surface area contributed by atoms with Crippen LogP contribution in [-0.2, 0) is 20.5 Å².